The number of benzene rings is 1. The molecule has 0 amide bonds. The lowest BCUT2D eigenvalue weighted by Gasteiger charge is -2.23. The lowest BCUT2D eigenvalue weighted by Crippen LogP contribution is -2.38. The maximum atomic E-state index is 10.0. The van der Waals surface area contributed by atoms with Gasteiger partial charge in [-0.25, -0.2) is 0 Å². The van der Waals surface area contributed by atoms with Crippen molar-refractivity contribution < 1.29 is 9.84 Å². The molecule has 2 N–H and O–H groups in total. The summed E-state index contributed by atoms with van der Waals surface area (Å²) in [6, 6.07) is 11.6. The highest BCUT2D eigenvalue weighted by molar-refractivity contribution is 5.47. The second-order valence-electron chi connectivity index (χ2n) is 4.65. The van der Waals surface area contributed by atoms with Gasteiger partial charge < -0.3 is 20.2 Å². The van der Waals surface area contributed by atoms with Crippen LogP contribution in [0.15, 0.2) is 48.8 Å². The fourth-order valence-corrected chi connectivity index (χ4v) is 1.94. The van der Waals surface area contributed by atoms with Crippen LogP contribution in [0.25, 0.3) is 0 Å². The fraction of sp³-hybridized carbons (Fsp3) is 0.333. The third-order valence-corrected chi connectivity index (χ3v) is 3.02. The minimum atomic E-state index is -0.555. The van der Waals surface area contributed by atoms with Crippen molar-refractivity contribution in [3.05, 3.63) is 48.8 Å². The molecule has 0 saturated carbocycles. The van der Waals surface area contributed by atoms with Gasteiger partial charge in [-0.15, -0.1) is 0 Å². The molecule has 20 heavy (non-hydrogen) atoms. The maximum Gasteiger partial charge on any atom is 0.121 e. The van der Waals surface area contributed by atoms with Crippen LogP contribution in [-0.4, -0.2) is 43.1 Å². The number of anilines is 1. The first-order chi connectivity index (χ1) is 9.69. The smallest absolute Gasteiger partial charge is 0.121 e. The minimum Gasteiger partial charge on any atom is -0.491 e. The molecule has 1 aromatic heterocycles. The van der Waals surface area contributed by atoms with Gasteiger partial charge in [-0.1, -0.05) is 6.07 Å². The van der Waals surface area contributed by atoms with Crippen LogP contribution in [0.4, 0.5) is 5.69 Å². The Balaban J connectivity index is 1.81. The van der Waals surface area contributed by atoms with Gasteiger partial charge in [0.1, 0.15) is 18.5 Å². The number of ether oxygens (including phenoxy) is 1. The van der Waals surface area contributed by atoms with Crippen molar-refractivity contribution in [1.29, 1.82) is 0 Å². The standard InChI is InChI=1S/C15H21N3O2/c1-16-13-6-5-7-15(10-13)20-12-14(19)11-17(2)18-8-3-4-9-18/h3-10,14,16,19H,11-12H2,1-2H3. The number of aliphatic hydroxyl groups excluding tert-OH is 1. The number of aliphatic hydroxyl groups is 1. The third kappa shape index (κ3) is 3.93. The Morgan fingerprint density at radius 2 is 2.05 bits per heavy atom. The van der Waals surface area contributed by atoms with Crippen molar-refractivity contribution in [3.8, 4) is 5.75 Å². The average Bonchev–Trinajstić information content (AvgIpc) is 2.99. The molecule has 1 atom stereocenters. The van der Waals surface area contributed by atoms with Crippen molar-refractivity contribution >= 4 is 5.69 Å². The summed E-state index contributed by atoms with van der Waals surface area (Å²) in [6.07, 6.45) is 3.31. The molecule has 0 aliphatic rings. The number of hydrogen-bond acceptors (Lipinski definition) is 4. The van der Waals surface area contributed by atoms with Gasteiger partial charge in [0.15, 0.2) is 0 Å². The van der Waals surface area contributed by atoms with E-state index in [0.29, 0.717) is 6.54 Å². The predicted molar refractivity (Wildman–Crippen MR) is 80.9 cm³/mol. The van der Waals surface area contributed by atoms with Crippen LogP contribution in [0.3, 0.4) is 0 Å². The average molecular weight is 275 g/mol. The Morgan fingerprint density at radius 1 is 1.30 bits per heavy atom. The summed E-state index contributed by atoms with van der Waals surface area (Å²) in [5.41, 5.74) is 0.987. The van der Waals surface area contributed by atoms with E-state index in [2.05, 4.69) is 5.32 Å². The Hall–Kier alpha value is -2.14. The maximum absolute atomic E-state index is 10.0. The van der Waals surface area contributed by atoms with Crippen LogP contribution in [0, 0.1) is 0 Å². The number of rotatable bonds is 7. The Bertz CT molecular complexity index is 514. The highest BCUT2D eigenvalue weighted by Crippen LogP contribution is 2.16. The molecule has 0 aliphatic heterocycles. The lowest BCUT2D eigenvalue weighted by atomic mass is 10.3. The molecular formula is C15H21N3O2. The van der Waals surface area contributed by atoms with Crippen LogP contribution >= 0.6 is 0 Å². The summed E-state index contributed by atoms with van der Waals surface area (Å²) in [4.78, 5) is 0. The second-order valence-corrected chi connectivity index (χ2v) is 4.65. The van der Waals surface area contributed by atoms with Crippen molar-refractivity contribution in [2.24, 2.45) is 0 Å². The lowest BCUT2D eigenvalue weighted by molar-refractivity contribution is 0.109. The number of aromatic nitrogens is 1. The topological polar surface area (TPSA) is 49.7 Å². The van der Waals surface area contributed by atoms with E-state index in [1.54, 1.807) is 0 Å². The van der Waals surface area contributed by atoms with Gasteiger partial charge in [0, 0.05) is 38.2 Å². The van der Waals surface area contributed by atoms with Crippen LogP contribution in [0.2, 0.25) is 0 Å². The van der Waals surface area contributed by atoms with E-state index < -0.39 is 6.10 Å². The van der Waals surface area contributed by atoms with Gasteiger partial charge in [0.2, 0.25) is 0 Å². The second kappa shape index (κ2) is 6.86. The zero-order chi connectivity index (χ0) is 14.4. The number of nitrogens with one attached hydrogen (secondary N) is 1. The van der Waals surface area contributed by atoms with Crippen molar-refractivity contribution in [3.63, 3.8) is 0 Å². The Kier molecular flexibility index (Phi) is 4.90. The van der Waals surface area contributed by atoms with Crippen LogP contribution in [0.1, 0.15) is 0 Å². The van der Waals surface area contributed by atoms with Crippen LogP contribution in [-0.2, 0) is 0 Å². The Morgan fingerprint density at radius 3 is 2.75 bits per heavy atom. The van der Waals surface area contributed by atoms with Crippen molar-refractivity contribution in [2.75, 3.05) is 37.6 Å². The van der Waals surface area contributed by atoms with Crippen LogP contribution in [0.5, 0.6) is 5.75 Å². The molecule has 5 heteroatoms. The summed E-state index contributed by atoms with van der Waals surface area (Å²) < 4.78 is 7.52. The molecule has 0 saturated heterocycles. The normalized spacial score (nSPS) is 11.9. The van der Waals surface area contributed by atoms with Gasteiger partial charge in [0.05, 0.1) is 6.54 Å². The van der Waals surface area contributed by atoms with Crippen LogP contribution < -0.4 is 15.1 Å². The first-order valence-corrected chi connectivity index (χ1v) is 6.62. The van der Waals surface area contributed by atoms with Gasteiger partial charge in [-0.05, 0) is 24.3 Å². The summed E-state index contributed by atoms with van der Waals surface area (Å²) in [6.45, 7) is 0.763. The number of nitrogens with zero attached hydrogens (tertiary/aromatic N) is 2. The Labute approximate surface area is 119 Å². The van der Waals surface area contributed by atoms with E-state index in [0.717, 1.165) is 11.4 Å². The monoisotopic (exact) mass is 275 g/mol. The molecule has 0 aliphatic carbocycles. The molecule has 1 aromatic carbocycles. The van der Waals surface area contributed by atoms with Gasteiger partial charge in [0.25, 0.3) is 0 Å². The van der Waals surface area contributed by atoms with E-state index in [-0.39, 0.29) is 6.61 Å². The molecule has 0 spiro atoms. The summed E-state index contributed by atoms with van der Waals surface area (Å²) in [5.74, 6) is 0.750. The molecule has 1 heterocycles. The summed E-state index contributed by atoms with van der Waals surface area (Å²) in [5, 5.41) is 15.0. The summed E-state index contributed by atoms with van der Waals surface area (Å²) in [7, 11) is 3.78. The third-order valence-electron chi connectivity index (χ3n) is 3.02. The highest BCUT2D eigenvalue weighted by atomic mass is 16.5. The van der Waals surface area contributed by atoms with Crippen molar-refractivity contribution in [2.45, 2.75) is 6.10 Å². The molecular weight excluding hydrogens is 254 g/mol. The first-order valence-electron chi connectivity index (χ1n) is 6.62. The fourth-order valence-electron chi connectivity index (χ4n) is 1.94. The molecule has 0 radical (unpaired) electrons. The zero-order valence-corrected chi connectivity index (χ0v) is 11.9. The van der Waals surface area contributed by atoms with Gasteiger partial charge >= 0.3 is 0 Å². The number of hydrogen-bond donors (Lipinski definition) is 2. The molecule has 5 nitrogen and oxygen atoms in total. The molecule has 2 aromatic rings. The molecule has 0 fully saturated rings. The minimum absolute atomic E-state index is 0.263. The molecule has 108 valence electrons. The first kappa shape index (κ1) is 14.3. The summed E-state index contributed by atoms with van der Waals surface area (Å²) >= 11 is 0. The molecule has 1 unspecified atom stereocenters. The number of likely N-dealkylation sites (N-methyl/N-ethyl adjacent to an activating group) is 1. The zero-order valence-electron chi connectivity index (χ0n) is 11.9. The van der Waals surface area contributed by atoms with E-state index in [1.807, 2.05) is 72.6 Å². The van der Waals surface area contributed by atoms with Gasteiger partial charge in [-0.2, -0.15) is 0 Å². The molecule has 0 bridgehead atoms. The quantitative estimate of drug-likeness (QED) is 0.805. The highest BCUT2D eigenvalue weighted by Gasteiger charge is 2.09. The van der Waals surface area contributed by atoms with E-state index in [4.69, 9.17) is 4.74 Å². The van der Waals surface area contributed by atoms with Crippen molar-refractivity contribution in [1.82, 2.24) is 4.68 Å². The largest absolute Gasteiger partial charge is 0.491 e. The predicted octanol–water partition coefficient (Wildman–Crippen LogP) is 1.54. The molecule has 2 rings (SSSR count). The SMILES string of the molecule is CNc1cccc(OCC(O)CN(C)n2cccc2)c1. The van der Waals surface area contributed by atoms with E-state index in [9.17, 15) is 5.11 Å². The van der Waals surface area contributed by atoms with E-state index >= 15 is 0 Å². The van der Waals surface area contributed by atoms with Gasteiger partial charge in [-0.3, -0.25) is 4.68 Å². The van der Waals surface area contributed by atoms with E-state index in [1.165, 1.54) is 0 Å².